The molecule has 0 spiro atoms. The van der Waals surface area contributed by atoms with Crippen LogP contribution in [0, 0.1) is 0 Å². The molecule has 0 aliphatic heterocycles. The molecular weight excluding hydrogens is 396 g/mol. The first kappa shape index (κ1) is 21.7. The third kappa shape index (κ3) is 6.00. The third-order valence-corrected chi connectivity index (χ3v) is 5.40. The average Bonchev–Trinajstić information content (AvgIpc) is 2.77. The van der Waals surface area contributed by atoms with E-state index in [1.807, 2.05) is 54.6 Å². The van der Waals surface area contributed by atoms with E-state index in [1.54, 1.807) is 31.3 Å². The third-order valence-electron chi connectivity index (χ3n) is 4.32. The second-order valence-corrected chi connectivity index (χ2v) is 8.59. The molecule has 0 saturated heterocycles. The van der Waals surface area contributed by atoms with Gasteiger partial charge in [0.15, 0.2) is 11.5 Å². The summed E-state index contributed by atoms with van der Waals surface area (Å²) in [5.74, 6) is 1.20. The predicted octanol–water partition coefficient (Wildman–Crippen LogP) is 5.10. The lowest BCUT2D eigenvalue weighted by molar-refractivity contribution is 0.0948. The number of aromatic nitrogens is 1. The first-order valence-electron chi connectivity index (χ1n) is 9.79. The Labute approximate surface area is 181 Å². The van der Waals surface area contributed by atoms with Gasteiger partial charge in [-0.3, -0.25) is 9.78 Å². The van der Waals surface area contributed by atoms with Gasteiger partial charge in [0.25, 0.3) is 5.91 Å². The van der Waals surface area contributed by atoms with Crippen LogP contribution in [-0.4, -0.2) is 23.3 Å². The highest BCUT2D eigenvalue weighted by Crippen LogP contribution is 2.29. The van der Waals surface area contributed by atoms with Gasteiger partial charge < -0.3 is 14.8 Å². The van der Waals surface area contributed by atoms with Gasteiger partial charge in [-0.25, -0.2) is 0 Å². The van der Waals surface area contributed by atoms with Gasteiger partial charge in [0.1, 0.15) is 6.61 Å². The molecule has 1 N–H and O–H groups in total. The van der Waals surface area contributed by atoms with Crippen LogP contribution in [0.5, 0.6) is 11.5 Å². The summed E-state index contributed by atoms with van der Waals surface area (Å²) in [6.07, 6.45) is 3.47. The number of benzene rings is 2. The van der Waals surface area contributed by atoms with E-state index in [0.29, 0.717) is 35.5 Å². The molecule has 3 aromatic rings. The summed E-state index contributed by atoms with van der Waals surface area (Å²) in [5.41, 5.74) is 2.66. The zero-order chi connectivity index (χ0) is 21.3. The molecule has 6 heteroatoms. The Morgan fingerprint density at radius 2 is 1.80 bits per heavy atom. The van der Waals surface area contributed by atoms with E-state index in [9.17, 15) is 4.79 Å². The molecule has 30 heavy (non-hydrogen) atoms. The maximum atomic E-state index is 12.7. The van der Waals surface area contributed by atoms with Crippen LogP contribution >= 0.6 is 11.8 Å². The van der Waals surface area contributed by atoms with Gasteiger partial charge in [-0.2, -0.15) is 0 Å². The molecular formula is C24H26N2O3S. The Hall–Kier alpha value is -2.99. The molecule has 5 nitrogen and oxygen atoms in total. The molecule has 0 radical (unpaired) electrons. The number of amides is 1. The monoisotopic (exact) mass is 422 g/mol. The van der Waals surface area contributed by atoms with Crippen molar-refractivity contribution in [3.63, 3.8) is 0 Å². The number of nitrogens with one attached hydrogen (secondary N) is 1. The fraction of sp³-hybridized carbons (Fsp3) is 0.250. The number of thioether (sulfide) groups is 1. The van der Waals surface area contributed by atoms with Crippen LogP contribution < -0.4 is 14.8 Å². The predicted molar refractivity (Wildman–Crippen MR) is 120 cm³/mol. The van der Waals surface area contributed by atoms with Crippen molar-refractivity contribution in [2.45, 2.75) is 37.1 Å². The highest BCUT2D eigenvalue weighted by Gasteiger charge is 2.13. The number of rotatable bonds is 9. The fourth-order valence-corrected chi connectivity index (χ4v) is 3.82. The largest absolute Gasteiger partial charge is 0.493 e. The summed E-state index contributed by atoms with van der Waals surface area (Å²) in [4.78, 5) is 17.7. The molecule has 0 bridgehead atoms. The van der Waals surface area contributed by atoms with Crippen LogP contribution in [0.2, 0.25) is 0 Å². The molecule has 0 aliphatic rings. The maximum absolute atomic E-state index is 12.7. The van der Waals surface area contributed by atoms with Gasteiger partial charge in [0, 0.05) is 29.1 Å². The summed E-state index contributed by atoms with van der Waals surface area (Å²) in [7, 11) is 1.61. The van der Waals surface area contributed by atoms with Crippen molar-refractivity contribution in [2.75, 3.05) is 7.11 Å². The Bertz CT molecular complexity index is 977. The number of methoxy groups -OCH3 is 1. The molecule has 1 aromatic heterocycles. The second-order valence-electron chi connectivity index (χ2n) is 6.97. The zero-order valence-corrected chi connectivity index (χ0v) is 18.2. The van der Waals surface area contributed by atoms with Crippen LogP contribution in [0.1, 0.15) is 35.3 Å². The van der Waals surface area contributed by atoms with Gasteiger partial charge in [-0.15, -0.1) is 11.8 Å². The van der Waals surface area contributed by atoms with E-state index in [1.165, 1.54) is 0 Å². The number of hydrogen-bond donors (Lipinski definition) is 1. The number of nitrogens with zero attached hydrogens (tertiary/aromatic N) is 1. The summed E-state index contributed by atoms with van der Waals surface area (Å²) in [6.45, 7) is 5.06. The fourth-order valence-electron chi connectivity index (χ4n) is 2.87. The Morgan fingerprint density at radius 3 is 2.53 bits per heavy atom. The molecule has 0 unspecified atom stereocenters. The summed E-state index contributed by atoms with van der Waals surface area (Å²) >= 11 is 1.69. The summed E-state index contributed by atoms with van der Waals surface area (Å²) < 4.78 is 11.3. The molecule has 3 rings (SSSR count). The quantitative estimate of drug-likeness (QED) is 0.486. The van der Waals surface area contributed by atoms with E-state index >= 15 is 0 Å². The standard InChI is InChI=1S/C24H26N2O3S/c1-17(2)30-23-7-5-4-6-20(23)24(27)26-15-19-8-9-21(22(14-19)28-3)29-16-18-10-12-25-13-11-18/h4-14,17H,15-16H2,1-3H3,(H,26,27). The lowest BCUT2D eigenvalue weighted by atomic mass is 10.1. The summed E-state index contributed by atoms with van der Waals surface area (Å²) in [6, 6.07) is 17.2. The van der Waals surface area contributed by atoms with E-state index in [0.717, 1.165) is 16.0 Å². The van der Waals surface area contributed by atoms with Crippen LogP contribution in [0.25, 0.3) is 0 Å². The van der Waals surface area contributed by atoms with E-state index < -0.39 is 0 Å². The van der Waals surface area contributed by atoms with E-state index in [2.05, 4.69) is 24.1 Å². The van der Waals surface area contributed by atoms with Gasteiger partial charge >= 0.3 is 0 Å². The molecule has 2 aromatic carbocycles. The molecule has 156 valence electrons. The molecule has 0 fully saturated rings. The van der Waals surface area contributed by atoms with Crippen molar-refractivity contribution in [3.05, 3.63) is 83.7 Å². The second kappa shape index (κ2) is 10.7. The van der Waals surface area contributed by atoms with Crippen molar-refractivity contribution in [1.29, 1.82) is 0 Å². The first-order valence-corrected chi connectivity index (χ1v) is 10.7. The Kier molecular flexibility index (Phi) is 7.74. The minimum absolute atomic E-state index is 0.0873. The first-order chi connectivity index (χ1) is 14.6. The number of carbonyl (C=O) groups excluding carboxylic acids is 1. The van der Waals surface area contributed by atoms with Gasteiger partial charge in [-0.05, 0) is 47.5 Å². The smallest absolute Gasteiger partial charge is 0.252 e. The lowest BCUT2D eigenvalue weighted by Gasteiger charge is -2.14. The minimum atomic E-state index is -0.0873. The normalized spacial score (nSPS) is 10.7. The van der Waals surface area contributed by atoms with E-state index in [-0.39, 0.29) is 5.91 Å². The summed E-state index contributed by atoms with van der Waals surface area (Å²) in [5, 5.41) is 3.41. The molecule has 0 aliphatic carbocycles. The SMILES string of the molecule is COc1cc(CNC(=O)c2ccccc2SC(C)C)ccc1OCc1ccncc1. The van der Waals surface area contributed by atoms with Crippen LogP contribution in [0.3, 0.4) is 0 Å². The number of ether oxygens (including phenoxy) is 2. The van der Waals surface area contributed by atoms with Crippen molar-refractivity contribution < 1.29 is 14.3 Å². The van der Waals surface area contributed by atoms with Crippen LogP contribution in [0.15, 0.2) is 71.9 Å². The topological polar surface area (TPSA) is 60.5 Å². The maximum Gasteiger partial charge on any atom is 0.252 e. The minimum Gasteiger partial charge on any atom is -0.493 e. The zero-order valence-electron chi connectivity index (χ0n) is 17.4. The lowest BCUT2D eigenvalue weighted by Crippen LogP contribution is -2.23. The van der Waals surface area contributed by atoms with Crippen LogP contribution in [0.4, 0.5) is 0 Å². The van der Waals surface area contributed by atoms with Crippen molar-refractivity contribution in [2.24, 2.45) is 0 Å². The van der Waals surface area contributed by atoms with Crippen molar-refractivity contribution in [3.8, 4) is 11.5 Å². The molecule has 0 saturated carbocycles. The Morgan fingerprint density at radius 1 is 1.03 bits per heavy atom. The molecule has 1 amide bonds. The number of hydrogen-bond acceptors (Lipinski definition) is 5. The van der Waals surface area contributed by atoms with Crippen molar-refractivity contribution in [1.82, 2.24) is 10.3 Å². The van der Waals surface area contributed by atoms with Gasteiger partial charge in [0.05, 0.1) is 12.7 Å². The van der Waals surface area contributed by atoms with Crippen LogP contribution in [-0.2, 0) is 13.2 Å². The van der Waals surface area contributed by atoms with E-state index in [4.69, 9.17) is 9.47 Å². The number of carbonyl (C=O) groups is 1. The Balaban J connectivity index is 1.64. The highest BCUT2D eigenvalue weighted by molar-refractivity contribution is 8.00. The number of pyridine rings is 1. The molecule has 1 heterocycles. The van der Waals surface area contributed by atoms with Gasteiger partial charge in [-0.1, -0.05) is 32.0 Å². The molecule has 0 atom stereocenters. The van der Waals surface area contributed by atoms with Crippen molar-refractivity contribution >= 4 is 17.7 Å². The average molecular weight is 423 g/mol. The van der Waals surface area contributed by atoms with Gasteiger partial charge in [0.2, 0.25) is 0 Å². The highest BCUT2D eigenvalue weighted by atomic mass is 32.2.